The number of nitrogens with zero attached hydrogens (tertiary/aromatic N) is 1. The highest BCUT2D eigenvalue weighted by Gasteiger charge is 2.44. The van der Waals surface area contributed by atoms with Crippen molar-refractivity contribution in [2.75, 3.05) is 26.0 Å². The Kier molecular flexibility index (Phi) is 10.9. The third-order valence-corrected chi connectivity index (χ3v) is 10.6. The number of aliphatic hydroxyl groups is 3. The maximum absolute atomic E-state index is 14.2. The molecule has 3 aromatic carbocycles. The molecule has 0 unspecified atom stereocenters. The molecular formula is C37H45F2NO6S. The minimum Gasteiger partial charge on any atom is -0.489 e. The Balaban J connectivity index is 1.05. The largest absolute Gasteiger partial charge is 0.489 e. The summed E-state index contributed by atoms with van der Waals surface area (Å²) in [5.74, 6) is 0.227. The number of thioether (sulfide) groups is 1. The molecule has 6 rings (SSSR count). The average Bonchev–Trinajstić information content (AvgIpc) is 3.54. The van der Waals surface area contributed by atoms with Crippen LogP contribution in [0.25, 0.3) is 0 Å². The number of aliphatic hydroxyl groups excluding tert-OH is 3. The van der Waals surface area contributed by atoms with Gasteiger partial charge in [0.1, 0.15) is 53.3 Å². The van der Waals surface area contributed by atoms with Crippen LogP contribution in [0.1, 0.15) is 79.1 Å². The summed E-state index contributed by atoms with van der Waals surface area (Å²) < 4.78 is 46.3. The molecule has 0 spiro atoms. The van der Waals surface area contributed by atoms with Gasteiger partial charge in [0.2, 0.25) is 0 Å². The van der Waals surface area contributed by atoms with Gasteiger partial charge in [0.25, 0.3) is 0 Å². The van der Waals surface area contributed by atoms with E-state index in [0.717, 1.165) is 60.5 Å². The van der Waals surface area contributed by atoms with Gasteiger partial charge in [-0.3, -0.25) is 4.90 Å². The Morgan fingerprint density at radius 1 is 0.936 bits per heavy atom. The maximum Gasteiger partial charge on any atom is 0.132 e. The Morgan fingerprint density at radius 3 is 2.43 bits per heavy atom. The summed E-state index contributed by atoms with van der Waals surface area (Å²) in [7, 11) is 0. The summed E-state index contributed by atoms with van der Waals surface area (Å²) in [4.78, 5) is 2.38. The first-order valence-corrected chi connectivity index (χ1v) is 17.8. The van der Waals surface area contributed by atoms with Crippen LogP contribution in [0, 0.1) is 11.6 Å². The molecule has 0 radical (unpaired) electrons. The van der Waals surface area contributed by atoms with Crippen LogP contribution in [0.2, 0.25) is 0 Å². The lowest BCUT2D eigenvalue weighted by Crippen LogP contribution is -2.52. The van der Waals surface area contributed by atoms with E-state index in [1.54, 1.807) is 6.26 Å². The average molecular weight is 670 g/mol. The second-order valence-corrected chi connectivity index (χ2v) is 14.2. The smallest absolute Gasteiger partial charge is 0.132 e. The van der Waals surface area contributed by atoms with Crippen molar-refractivity contribution in [2.24, 2.45) is 0 Å². The van der Waals surface area contributed by atoms with E-state index in [9.17, 15) is 24.1 Å². The van der Waals surface area contributed by atoms with Gasteiger partial charge < -0.3 is 29.5 Å². The van der Waals surface area contributed by atoms with E-state index in [-0.39, 0.29) is 12.1 Å². The third kappa shape index (κ3) is 7.69. The van der Waals surface area contributed by atoms with E-state index < -0.39 is 47.6 Å². The predicted octanol–water partition coefficient (Wildman–Crippen LogP) is 5.90. The van der Waals surface area contributed by atoms with Crippen LogP contribution in [0.15, 0.2) is 60.7 Å². The number of likely N-dealkylation sites (tertiary alicyclic amines) is 1. The highest BCUT2D eigenvalue weighted by molar-refractivity contribution is 7.99. The van der Waals surface area contributed by atoms with Crippen LogP contribution >= 0.6 is 11.8 Å². The minimum atomic E-state index is -1.29. The van der Waals surface area contributed by atoms with E-state index in [1.165, 1.54) is 23.4 Å². The lowest BCUT2D eigenvalue weighted by Gasteiger charge is -2.40. The number of hydrogen-bond acceptors (Lipinski definition) is 8. The van der Waals surface area contributed by atoms with Gasteiger partial charge in [-0.2, -0.15) is 0 Å². The zero-order valence-corrected chi connectivity index (χ0v) is 27.9. The summed E-state index contributed by atoms with van der Waals surface area (Å²) >= 11 is 1.31. The molecule has 0 bridgehead atoms. The van der Waals surface area contributed by atoms with Crippen LogP contribution in [0.4, 0.5) is 8.78 Å². The van der Waals surface area contributed by atoms with E-state index >= 15 is 0 Å². The Morgan fingerprint density at radius 2 is 1.72 bits per heavy atom. The second kappa shape index (κ2) is 14.9. The topological polar surface area (TPSA) is 91.6 Å². The molecular weight excluding hydrogens is 624 g/mol. The van der Waals surface area contributed by atoms with Crippen LogP contribution < -0.4 is 4.74 Å². The molecule has 3 aromatic rings. The van der Waals surface area contributed by atoms with Crippen LogP contribution in [-0.2, 0) is 15.9 Å². The molecule has 10 heteroatoms. The van der Waals surface area contributed by atoms with Crippen molar-refractivity contribution in [3.8, 4) is 5.75 Å². The lowest BCUT2D eigenvalue weighted by molar-refractivity contribution is -0.200. The monoisotopic (exact) mass is 669 g/mol. The Labute approximate surface area is 279 Å². The van der Waals surface area contributed by atoms with E-state index in [1.807, 2.05) is 24.3 Å². The summed E-state index contributed by atoms with van der Waals surface area (Å²) in [6.45, 7) is 6.47. The molecule has 3 N–H and O–H groups in total. The summed E-state index contributed by atoms with van der Waals surface area (Å²) in [5.41, 5.74) is 3.87. The molecule has 3 aliphatic rings. The number of hydrogen-bond donors (Lipinski definition) is 3. The molecule has 3 heterocycles. The summed E-state index contributed by atoms with van der Waals surface area (Å²) in [6, 6.07) is 18.0. The van der Waals surface area contributed by atoms with Gasteiger partial charge in [-0.25, -0.2) is 8.78 Å². The molecule has 0 amide bonds. The van der Waals surface area contributed by atoms with Crippen molar-refractivity contribution in [2.45, 2.75) is 93.6 Å². The number of rotatable bonds is 9. The van der Waals surface area contributed by atoms with Crippen molar-refractivity contribution in [1.82, 2.24) is 4.90 Å². The van der Waals surface area contributed by atoms with Crippen LogP contribution in [-0.4, -0.2) is 82.1 Å². The molecule has 254 valence electrons. The summed E-state index contributed by atoms with van der Waals surface area (Å²) in [6.07, 6.45) is 0.104. The Bertz CT molecular complexity index is 1500. The van der Waals surface area contributed by atoms with Crippen molar-refractivity contribution in [3.05, 3.63) is 100 Å². The molecule has 8 atom stereocenters. The number of benzene rings is 3. The van der Waals surface area contributed by atoms with Crippen molar-refractivity contribution in [1.29, 1.82) is 0 Å². The maximum atomic E-state index is 14.2. The van der Waals surface area contributed by atoms with Crippen molar-refractivity contribution in [3.63, 3.8) is 0 Å². The Hall–Kier alpha value is -2.57. The quantitative estimate of drug-likeness (QED) is 0.260. The fourth-order valence-corrected chi connectivity index (χ4v) is 7.82. The molecule has 3 fully saturated rings. The minimum absolute atomic E-state index is 0.0596. The van der Waals surface area contributed by atoms with Gasteiger partial charge in [0.05, 0.1) is 12.7 Å². The zero-order valence-electron chi connectivity index (χ0n) is 27.1. The lowest BCUT2D eigenvalue weighted by atomic mass is 9.88. The van der Waals surface area contributed by atoms with E-state index in [0.29, 0.717) is 30.9 Å². The van der Waals surface area contributed by atoms with Gasteiger partial charge in [0, 0.05) is 24.7 Å². The normalized spacial score (nSPS) is 30.1. The third-order valence-electron chi connectivity index (χ3n) is 9.79. The first kappa shape index (κ1) is 34.3. The number of halogens is 2. The molecule has 47 heavy (non-hydrogen) atoms. The summed E-state index contributed by atoms with van der Waals surface area (Å²) in [5, 5.41) is 31.5. The SMILES string of the molecule is CS[C@H]1O[C@@H](c2ccc(C(C)C)c(Cc3ccc(O[C@@H]4CCN([C@@H]5CC[C@@H](c6cc(F)ccc6F)OC5)C4)cc3)c2)[C@H](O)[C@@H](O)[C@@H]1O. The van der Waals surface area contributed by atoms with Crippen LogP contribution in [0.5, 0.6) is 5.75 Å². The van der Waals surface area contributed by atoms with Crippen LogP contribution in [0.3, 0.4) is 0 Å². The predicted molar refractivity (Wildman–Crippen MR) is 178 cm³/mol. The fourth-order valence-electron chi connectivity index (χ4n) is 7.15. The van der Waals surface area contributed by atoms with Gasteiger partial charge in [-0.05, 0) is 90.4 Å². The molecule has 0 aromatic heterocycles. The van der Waals surface area contributed by atoms with Gasteiger partial charge in [-0.15, -0.1) is 11.8 Å². The van der Waals surface area contributed by atoms with Gasteiger partial charge in [0.15, 0.2) is 0 Å². The van der Waals surface area contributed by atoms with E-state index in [4.69, 9.17) is 14.2 Å². The fraction of sp³-hybridized carbons (Fsp3) is 0.514. The highest BCUT2D eigenvalue weighted by atomic mass is 32.2. The molecule has 0 saturated carbocycles. The van der Waals surface area contributed by atoms with E-state index in [2.05, 4.69) is 36.9 Å². The highest BCUT2D eigenvalue weighted by Crippen LogP contribution is 2.38. The first-order valence-electron chi connectivity index (χ1n) is 16.5. The second-order valence-electron chi connectivity index (χ2n) is 13.3. The molecule has 3 saturated heterocycles. The van der Waals surface area contributed by atoms with Crippen molar-refractivity contribution >= 4 is 11.8 Å². The van der Waals surface area contributed by atoms with Gasteiger partial charge in [-0.1, -0.05) is 44.2 Å². The standard InChI is InChI=1S/C37H45F2NO6S/c1-21(2)29-11-6-23(36-34(42)33(41)35(43)37(46-36)47-3)17-24(29)16-22-4-9-27(10-5-22)45-28-14-15-40(19-28)26-8-13-32(44-20-26)30-18-25(38)7-12-31(30)39/h4-7,9-12,17-18,21,26,28,32-37,41-43H,8,13-16,19-20H2,1-3H3/t26-,28-,32+,33-,34-,35+,36+,37-/m1/s1. The van der Waals surface area contributed by atoms with Crippen molar-refractivity contribution < 1.29 is 38.3 Å². The molecule has 3 aliphatic heterocycles. The van der Waals surface area contributed by atoms with Gasteiger partial charge >= 0.3 is 0 Å². The molecule has 7 nitrogen and oxygen atoms in total. The zero-order chi connectivity index (χ0) is 33.2. The first-order chi connectivity index (χ1) is 22.6. The number of ether oxygens (including phenoxy) is 3. The molecule has 0 aliphatic carbocycles.